The molecule has 2 aromatic carbocycles. The third-order valence-corrected chi connectivity index (χ3v) is 4.56. The lowest BCUT2D eigenvalue weighted by molar-refractivity contribution is 0.0679. The van der Waals surface area contributed by atoms with Crippen molar-refractivity contribution in [3.8, 4) is 17.2 Å². The molecule has 1 atom stereocenters. The van der Waals surface area contributed by atoms with Gasteiger partial charge >= 0.3 is 0 Å². The highest BCUT2D eigenvalue weighted by Crippen LogP contribution is 2.33. The summed E-state index contributed by atoms with van der Waals surface area (Å²) in [6.45, 7) is 3.25. The summed E-state index contributed by atoms with van der Waals surface area (Å²) in [5, 5.41) is 2.91. The van der Waals surface area contributed by atoms with E-state index >= 15 is 0 Å². The van der Waals surface area contributed by atoms with E-state index in [1.807, 2.05) is 13.0 Å². The van der Waals surface area contributed by atoms with E-state index in [1.165, 1.54) is 0 Å². The maximum Gasteiger partial charge on any atom is 0.255 e. The predicted molar refractivity (Wildman–Crippen MR) is 103 cm³/mol. The summed E-state index contributed by atoms with van der Waals surface area (Å²) >= 11 is 0. The van der Waals surface area contributed by atoms with Gasteiger partial charge in [0.2, 0.25) is 0 Å². The quantitative estimate of drug-likeness (QED) is 0.801. The number of amides is 1. The second kappa shape index (κ2) is 8.77. The van der Waals surface area contributed by atoms with Crippen LogP contribution in [0.1, 0.15) is 28.8 Å². The number of hydrogen-bond donors (Lipinski definition) is 1. The molecule has 2 aromatic rings. The van der Waals surface area contributed by atoms with Crippen LogP contribution in [0.15, 0.2) is 36.4 Å². The van der Waals surface area contributed by atoms with E-state index in [2.05, 4.69) is 5.32 Å². The largest absolute Gasteiger partial charge is 0.493 e. The van der Waals surface area contributed by atoms with Gasteiger partial charge in [0.05, 0.1) is 20.3 Å². The third-order valence-electron chi connectivity index (χ3n) is 4.56. The van der Waals surface area contributed by atoms with Crippen molar-refractivity contribution < 1.29 is 23.7 Å². The molecule has 0 saturated carbocycles. The molecule has 1 aliphatic rings. The number of carbonyl (C=O) groups is 1. The van der Waals surface area contributed by atoms with Crippen LogP contribution in [0, 0.1) is 6.92 Å². The van der Waals surface area contributed by atoms with Crippen LogP contribution in [-0.4, -0.2) is 39.4 Å². The zero-order valence-electron chi connectivity index (χ0n) is 15.9. The van der Waals surface area contributed by atoms with Crippen LogP contribution in [0.25, 0.3) is 0 Å². The Hall–Kier alpha value is -2.73. The molecule has 1 aliphatic heterocycles. The summed E-state index contributed by atoms with van der Waals surface area (Å²) in [4.78, 5) is 12.6. The predicted octanol–water partition coefficient (Wildman–Crippen LogP) is 3.82. The Kier molecular flexibility index (Phi) is 6.19. The van der Waals surface area contributed by atoms with E-state index in [4.69, 9.17) is 18.9 Å². The van der Waals surface area contributed by atoms with Crippen molar-refractivity contribution in [1.82, 2.24) is 0 Å². The highest BCUT2D eigenvalue weighted by Gasteiger charge is 2.16. The second-order valence-corrected chi connectivity index (χ2v) is 6.45. The Morgan fingerprint density at radius 1 is 1.15 bits per heavy atom. The standard InChI is InChI=1S/C21H25NO5/c1-14-11-19(24-2)20(25-3)12-18(14)22-21(23)15-6-8-16(9-7-15)27-13-17-5-4-10-26-17/h6-9,11-12,17H,4-5,10,13H2,1-3H3,(H,22,23)/t17-/m0/s1. The molecule has 0 radical (unpaired) electrons. The maximum atomic E-state index is 12.6. The molecular formula is C21H25NO5. The van der Waals surface area contributed by atoms with Crippen LogP contribution in [0.4, 0.5) is 5.69 Å². The molecule has 144 valence electrons. The first kappa shape index (κ1) is 19.0. The van der Waals surface area contributed by atoms with Crippen molar-refractivity contribution >= 4 is 11.6 Å². The fourth-order valence-corrected chi connectivity index (χ4v) is 2.98. The van der Waals surface area contributed by atoms with Crippen LogP contribution in [-0.2, 0) is 4.74 Å². The summed E-state index contributed by atoms with van der Waals surface area (Å²) in [6.07, 6.45) is 2.29. The lowest BCUT2D eigenvalue weighted by Crippen LogP contribution is -2.16. The second-order valence-electron chi connectivity index (χ2n) is 6.45. The zero-order valence-corrected chi connectivity index (χ0v) is 15.9. The molecule has 3 rings (SSSR count). The summed E-state index contributed by atoms with van der Waals surface area (Å²) in [7, 11) is 3.14. The summed E-state index contributed by atoms with van der Waals surface area (Å²) in [5.74, 6) is 1.72. The van der Waals surface area contributed by atoms with Gasteiger partial charge in [-0.05, 0) is 55.7 Å². The van der Waals surface area contributed by atoms with Crippen LogP contribution >= 0.6 is 0 Å². The van der Waals surface area contributed by atoms with Crippen LogP contribution < -0.4 is 19.5 Å². The van der Waals surface area contributed by atoms with Gasteiger partial charge in [-0.1, -0.05) is 0 Å². The summed E-state index contributed by atoms with van der Waals surface area (Å²) < 4.78 is 21.8. The fraction of sp³-hybridized carbons (Fsp3) is 0.381. The van der Waals surface area contributed by atoms with Crippen LogP contribution in [0.5, 0.6) is 17.2 Å². The monoisotopic (exact) mass is 371 g/mol. The minimum absolute atomic E-state index is 0.168. The van der Waals surface area contributed by atoms with Crippen molar-refractivity contribution in [3.63, 3.8) is 0 Å². The van der Waals surface area contributed by atoms with Gasteiger partial charge in [0.15, 0.2) is 11.5 Å². The molecular weight excluding hydrogens is 346 g/mol. The molecule has 1 heterocycles. The molecule has 1 fully saturated rings. The number of rotatable bonds is 7. The number of anilines is 1. The van der Waals surface area contributed by atoms with Gasteiger partial charge in [0.1, 0.15) is 12.4 Å². The fourth-order valence-electron chi connectivity index (χ4n) is 2.98. The van der Waals surface area contributed by atoms with Crippen molar-refractivity contribution in [1.29, 1.82) is 0 Å². The number of aryl methyl sites for hydroxylation is 1. The number of benzene rings is 2. The molecule has 1 amide bonds. The number of ether oxygens (including phenoxy) is 4. The lowest BCUT2D eigenvalue weighted by atomic mass is 10.1. The third kappa shape index (κ3) is 4.71. The first-order valence-electron chi connectivity index (χ1n) is 8.99. The Balaban J connectivity index is 1.64. The van der Waals surface area contributed by atoms with Gasteiger partial charge in [-0.15, -0.1) is 0 Å². The number of methoxy groups -OCH3 is 2. The Morgan fingerprint density at radius 3 is 2.48 bits per heavy atom. The van der Waals surface area contributed by atoms with E-state index in [0.717, 1.165) is 30.8 Å². The van der Waals surface area contributed by atoms with Gasteiger partial charge in [0.25, 0.3) is 5.91 Å². The Labute approximate surface area is 159 Å². The average molecular weight is 371 g/mol. The smallest absolute Gasteiger partial charge is 0.255 e. The van der Waals surface area contributed by atoms with Crippen LogP contribution in [0.3, 0.4) is 0 Å². The van der Waals surface area contributed by atoms with Crippen molar-refractivity contribution in [3.05, 3.63) is 47.5 Å². The van der Waals surface area contributed by atoms with E-state index in [9.17, 15) is 4.79 Å². The SMILES string of the molecule is COc1cc(C)c(NC(=O)c2ccc(OC[C@@H]3CCCO3)cc2)cc1OC. The van der Waals surface area contributed by atoms with Gasteiger partial charge in [0, 0.05) is 23.9 Å². The maximum absolute atomic E-state index is 12.6. The van der Waals surface area contributed by atoms with Gasteiger partial charge in [-0.2, -0.15) is 0 Å². The van der Waals surface area contributed by atoms with Crippen molar-refractivity contribution in [2.75, 3.05) is 32.8 Å². The molecule has 0 bridgehead atoms. The van der Waals surface area contributed by atoms with E-state index < -0.39 is 0 Å². The number of carbonyl (C=O) groups excluding carboxylic acids is 1. The van der Waals surface area contributed by atoms with E-state index in [-0.39, 0.29) is 12.0 Å². The van der Waals surface area contributed by atoms with Crippen LogP contribution in [0.2, 0.25) is 0 Å². The Morgan fingerprint density at radius 2 is 1.85 bits per heavy atom. The normalized spacial score (nSPS) is 16.0. The molecule has 0 aromatic heterocycles. The average Bonchev–Trinajstić information content (AvgIpc) is 3.21. The highest BCUT2D eigenvalue weighted by molar-refractivity contribution is 6.04. The van der Waals surface area contributed by atoms with Crippen molar-refractivity contribution in [2.45, 2.75) is 25.9 Å². The Bertz CT molecular complexity index is 782. The topological polar surface area (TPSA) is 66.0 Å². The molecule has 0 spiro atoms. The summed E-state index contributed by atoms with van der Waals surface area (Å²) in [5.41, 5.74) is 2.11. The molecule has 27 heavy (non-hydrogen) atoms. The minimum atomic E-state index is -0.198. The summed E-state index contributed by atoms with van der Waals surface area (Å²) in [6, 6.07) is 10.7. The van der Waals surface area contributed by atoms with Gasteiger partial charge in [-0.25, -0.2) is 0 Å². The molecule has 1 N–H and O–H groups in total. The van der Waals surface area contributed by atoms with Crippen molar-refractivity contribution in [2.24, 2.45) is 0 Å². The number of nitrogens with one attached hydrogen (secondary N) is 1. The van der Waals surface area contributed by atoms with Gasteiger partial charge < -0.3 is 24.3 Å². The molecule has 1 saturated heterocycles. The molecule has 0 unspecified atom stereocenters. The molecule has 0 aliphatic carbocycles. The van der Waals surface area contributed by atoms with E-state index in [1.54, 1.807) is 44.6 Å². The number of hydrogen-bond acceptors (Lipinski definition) is 5. The highest BCUT2D eigenvalue weighted by atomic mass is 16.5. The lowest BCUT2D eigenvalue weighted by Gasteiger charge is -2.14. The molecule has 6 heteroatoms. The zero-order chi connectivity index (χ0) is 19.2. The van der Waals surface area contributed by atoms with E-state index in [0.29, 0.717) is 29.4 Å². The first-order valence-corrected chi connectivity index (χ1v) is 8.99. The van der Waals surface area contributed by atoms with Gasteiger partial charge in [-0.3, -0.25) is 4.79 Å². The minimum Gasteiger partial charge on any atom is -0.493 e. The first-order chi connectivity index (χ1) is 13.1. The molecule has 6 nitrogen and oxygen atoms in total.